The molecule has 0 aliphatic heterocycles. The molecular formula is C18H37O2SSn. The van der Waals surface area contributed by atoms with Crippen LogP contribution in [0.1, 0.15) is 85.0 Å². The molecule has 0 spiro atoms. The van der Waals surface area contributed by atoms with E-state index in [-0.39, 0.29) is 11.7 Å². The van der Waals surface area contributed by atoms with Crippen LogP contribution in [-0.2, 0) is 9.53 Å². The van der Waals surface area contributed by atoms with Crippen molar-refractivity contribution in [2.75, 3.05) is 12.4 Å². The Bertz CT molecular complexity index is 219. The van der Waals surface area contributed by atoms with E-state index in [9.17, 15) is 4.79 Å². The molecule has 0 rings (SSSR count). The second kappa shape index (κ2) is 21.6. The van der Waals surface area contributed by atoms with Gasteiger partial charge in [-0.1, -0.05) is 33.1 Å². The van der Waals surface area contributed by atoms with Gasteiger partial charge in [0.2, 0.25) is 0 Å². The minimum absolute atomic E-state index is 0.185. The third-order valence-corrected chi connectivity index (χ3v) is 4.95. The fourth-order valence-corrected chi connectivity index (χ4v) is 2.86. The normalized spacial score (nSPS) is 11.5. The van der Waals surface area contributed by atoms with E-state index in [4.69, 9.17) is 4.74 Å². The fraction of sp³-hybridized carbons (Fsp3) is 0.944. The Hall–Kier alpha value is 0.619. The maximum atomic E-state index is 10.8. The van der Waals surface area contributed by atoms with Crippen LogP contribution in [-0.4, -0.2) is 40.9 Å². The van der Waals surface area contributed by atoms with Crippen LogP contribution in [0.2, 0.25) is 4.44 Å². The van der Waals surface area contributed by atoms with Gasteiger partial charge in [-0.05, 0) is 12.3 Å². The van der Waals surface area contributed by atoms with Crippen molar-refractivity contribution in [2.45, 2.75) is 89.4 Å². The van der Waals surface area contributed by atoms with Gasteiger partial charge in [-0.2, -0.15) is 12.6 Å². The van der Waals surface area contributed by atoms with Crippen LogP contribution in [0.4, 0.5) is 0 Å². The molecule has 1 atom stereocenters. The zero-order chi connectivity index (χ0) is 17.1. The Morgan fingerprint density at radius 1 is 1.00 bits per heavy atom. The number of rotatable bonds is 13. The van der Waals surface area contributed by atoms with Crippen LogP contribution in [0.5, 0.6) is 0 Å². The van der Waals surface area contributed by atoms with Gasteiger partial charge >= 0.3 is 78.4 Å². The second-order valence-corrected chi connectivity index (χ2v) is 7.52. The summed E-state index contributed by atoms with van der Waals surface area (Å²) in [6, 6.07) is 0. The number of esters is 1. The average Bonchev–Trinajstić information content (AvgIpc) is 2.55. The van der Waals surface area contributed by atoms with E-state index in [0.717, 1.165) is 12.8 Å². The second-order valence-electron chi connectivity index (χ2n) is 5.78. The van der Waals surface area contributed by atoms with E-state index in [1.54, 1.807) is 22.5 Å². The van der Waals surface area contributed by atoms with Crippen LogP contribution < -0.4 is 0 Å². The number of hydrogen-bond donors (Lipinski definition) is 1. The average molecular weight is 436 g/mol. The summed E-state index contributed by atoms with van der Waals surface area (Å²) in [6.07, 6.45) is 13.4. The van der Waals surface area contributed by atoms with Gasteiger partial charge in [0, 0.05) is 0 Å². The van der Waals surface area contributed by atoms with E-state index < -0.39 is 0 Å². The van der Waals surface area contributed by atoms with Crippen molar-refractivity contribution in [1.29, 1.82) is 0 Å². The number of thiol groups is 1. The number of carbonyl (C=O) groups is 1. The first kappa shape index (κ1) is 24.9. The third-order valence-electron chi connectivity index (χ3n) is 3.68. The standard InChI is InChI=1S/C10H20O2S.C8H17.Sn/c1-3-5-6-9(4-2)7-12-10(11)8-13;1-3-5-7-8-6-4-2;/h9,13H,3-8H2,1-2H3;1,3-8H2,2H3;. The summed E-state index contributed by atoms with van der Waals surface area (Å²) >= 11 is 5.55. The zero-order valence-corrected chi connectivity index (χ0v) is 18.8. The summed E-state index contributed by atoms with van der Waals surface area (Å²) in [5.41, 5.74) is 0. The summed E-state index contributed by atoms with van der Waals surface area (Å²) in [5.74, 6) is 0.506. The maximum absolute atomic E-state index is 10.8. The molecule has 1 unspecified atom stereocenters. The molecule has 0 heterocycles. The van der Waals surface area contributed by atoms with Crippen molar-refractivity contribution in [3.05, 3.63) is 0 Å². The van der Waals surface area contributed by atoms with Gasteiger partial charge in [0.1, 0.15) is 0 Å². The first-order chi connectivity index (χ1) is 10.7. The molecule has 0 saturated heterocycles. The molecule has 0 fully saturated rings. The Labute approximate surface area is 158 Å². The van der Waals surface area contributed by atoms with E-state index in [1.165, 1.54) is 55.8 Å². The van der Waals surface area contributed by atoms with Gasteiger partial charge in [-0.3, -0.25) is 4.79 Å². The number of ether oxygens (including phenoxy) is 1. The molecule has 131 valence electrons. The Kier molecular flexibility index (Phi) is 24.4. The van der Waals surface area contributed by atoms with Crippen LogP contribution in [0.3, 0.4) is 0 Å². The monoisotopic (exact) mass is 437 g/mol. The van der Waals surface area contributed by atoms with E-state index in [1.807, 2.05) is 0 Å². The quantitative estimate of drug-likeness (QED) is 0.176. The van der Waals surface area contributed by atoms with Crippen molar-refractivity contribution >= 4 is 41.1 Å². The van der Waals surface area contributed by atoms with Gasteiger partial charge < -0.3 is 4.74 Å². The van der Waals surface area contributed by atoms with Crippen LogP contribution in [0.15, 0.2) is 0 Å². The SMILES string of the molecule is CCCCC(CC)COC(=O)CS.CCCCCCC[CH2][Sn]. The summed E-state index contributed by atoms with van der Waals surface area (Å²) < 4.78 is 6.48. The third kappa shape index (κ3) is 20.6. The summed E-state index contributed by atoms with van der Waals surface area (Å²) in [4.78, 5) is 10.8. The molecule has 0 aromatic heterocycles. The van der Waals surface area contributed by atoms with Crippen LogP contribution in [0, 0.1) is 5.92 Å². The predicted octanol–water partition coefficient (Wildman–Crippen LogP) is 5.61. The Balaban J connectivity index is 0. The van der Waals surface area contributed by atoms with Crippen molar-refractivity contribution in [1.82, 2.24) is 0 Å². The molecule has 0 aliphatic rings. The molecule has 22 heavy (non-hydrogen) atoms. The van der Waals surface area contributed by atoms with Crippen LogP contribution in [0.25, 0.3) is 0 Å². The summed E-state index contributed by atoms with van der Waals surface area (Å²) in [5, 5.41) is 0. The van der Waals surface area contributed by atoms with Crippen LogP contribution >= 0.6 is 12.6 Å². The van der Waals surface area contributed by atoms with E-state index in [0.29, 0.717) is 12.5 Å². The molecular weight excluding hydrogens is 399 g/mol. The Morgan fingerprint density at radius 3 is 2.09 bits per heavy atom. The predicted molar refractivity (Wildman–Crippen MR) is 102 cm³/mol. The first-order valence-electron chi connectivity index (χ1n) is 9.07. The molecule has 0 aromatic rings. The summed E-state index contributed by atoms with van der Waals surface area (Å²) in [7, 11) is 0. The molecule has 0 bridgehead atoms. The molecule has 0 aliphatic carbocycles. The van der Waals surface area contributed by atoms with Gasteiger partial charge in [-0.15, -0.1) is 0 Å². The van der Waals surface area contributed by atoms with E-state index >= 15 is 0 Å². The number of hydrogen-bond acceptors (Lipinski definition) is 3. The molecule has 3 radical (unpaired) electrons. The summed E-state index contributed by atoms with van der Waals surface area (Å²) in [6.45, 7) is 7.14. The topological polar surface area (TPSA) is 26.3 Å². The molecule has 0 aromatic carbocycles. The molecule has 2 nitrogen and oxygen atoms in total. The Morgan fingerprint density at radius 2 is 1.59 bits per heavy atom. The van der Waals surface area contributed by atoms with Crippen molar-refractivity contribution in [3.63, 3.8) is 0 Å². The molecule has 0 amide bonds. The molecule has 0 N–H and O–H groups in total. The van der Waals surface area contributed by atoms with Crippen molar-refractivity contribution in [2.24, 2.45) is 5.92 Å². The van der Waals surface area contributed by atoms with Gasteiger partial charge in [0.15, 0.2) is 0 Å². The van der Waals surface area contributed by atoms with E-state index in [2.05, 4.69) is 33.4 Å². The van der Waals surface area contributed by atoms with Crippen molar-refractivity contribution in [3.8, 4) is 0 Å². The fourth-order valence-electron chi connectivity index (χ4n) is 2.06. The van der Waals surface area contributed by atoms with Gasteiger partial charge in [0.25, 0.3) is 0 Å². The molecule has 4 heteroatoms. The molecule has 0 saturated carbocycles. The number of carbonyl (C=O) groups excluding carboxylic acids is 1. The van der Waals surface area contributed by atoms with Gasteiger partial charge in [0.05, 0.1) is 12.4 Å². The minimum atomic E-state index is -0.210. The number of unbranched alkanes of at least 4 members (excludes halogenated alkanes) is 6. The first-order valence-corrected chi connectivity index (χ1v) is 11.7. The zero-order valence-electron chi connectivity index (χ0n) is 15.0. The van der Waals surface area contributed by atoms with Gasteiger partial charge in [-0.25, -0.2) is 0 Å². The van der Waals surface area contributed by atoms with Crippen molar-refractivity contribution < 1.29 is 9.53 Å².